The molecule has 0 aromatic rings. The monoisotopic (exact) mass is 255 g/mol. The van der Waals surface area contributed by atoms with Gasteiger partial charge in [-0.2, -0.15) is 0 Å². The third-order valence-electron chi connectivity index (χ3n) is 4.38. The van der Waals surface area contributed by atoms with Crippen LogP contribution in [0.1, 0.15) is 41.0 Å². The first kappa shape index (κ1) is 14.0. The molecule has 2 fully saturated rings. The molecule has 0 radical (unpaired) electrons. The molecule has 5 heteroatoms. The van der Waals surface area contributed by atoms with Gasteiger partial charge in [0.15, 0.2) is 0 Å². The van der Waals surface area contributed by atoms with Crippen LogP contribution in [0.3, 0.4) is 0 Å². The van der Waals surface area contributed by atoms with Crippen LogP contribution < -0.4 is 5.32 Å². The molecule has 2 aliphatic heterocycles. The molecule has 2 aliphatic rings. The first-order valence-electron chi connectivity index (χ1n) is 6.69. The zero-order valence-electron chi connectivity index (χ0n) is 12.0. The fourth-order valence-electron chi connectivity index (χ4n) is 2.36. The highest BCUT2D eigenvalue weighted by molar-refractivity contribution is 6.53. The normalized spacial score (nSPS) is 33.7. The Morgan fingerprint density at radius 3 is 2.33 bits per heavy atom. The summed E-state index contributed by atoms with van der Waals surface area (Å²) >= 11 is 0. The van der Waals surface area contributed by atoms with E-state index in [1.807, 2.05) is 34.6 Å². The number of hydrogen-bond acceptors (Lipinski definition) is 3. The molecule has 0 spiro atoms. The van der Waals surface area contributed by atoms with Gasteiger partial charge in [0.05, 0.1) is 11.2 Å². The summed E-state index contributed by atoms with van der Waals surface area (Å²) in [5, 5.41) is 3.26. The molecule has 2 heterocycles. The van der Waals surface area contributed by atoms with Crippen molar-refractivity contribution in [2.45, 2.75) is 52.2 Å². The van der Waals surface area contributed by atoms with Gasteiger partial charge in [-0.05, 0) is 52.2 Å². The number of piperidine rings is 1. The maximum atomic E-state index is 14.5. The zero-order chi connectivity index (χ0) is 13.6. The van der Waals surface area contributed by atoms with Crippen LogP contribution in [0.5, 0.6) is 0 Å². The van der Waals surface area contributed by atoms with Gasteiger partial charge in [-0.1, -0.05) is 6.92 Å². The molecule has 0 aromatic carbocycles. The number of halogens is 1. The van der Waals surface area contributed by atoms with Gasteiger partial charge in [-0.15, -0.1) is 0 Å². The highest BCUT2D eigenvalue weighted by Gasteiger charge is 2.53. The summed E-state index contributed by atoms with van der Waals surface area (Å²) in [7, 11) is -0.842. The molecule has 102 valence electrons. The molecule has 0 saturated carbocycles. The summed E-state index contributed by atoms with van der Waals surface area (Å²) in [6.07, 6.45) is 0.733. The van der Waals surface area contributed by atoms with Gasteiger partial charge in [-0.3, -0.25) is 0 Å². The second kappa shape index (κ2) is 4.62. The number of rotatable bonds is 1. The van der Waals surface area contributed by atoms with Crippen LogP contribution in [0.25, 0.3) is 0 Å². The Morgan fingerprint density at radius 2 is 1.83 bits per heavy atom. The third kappa shape index (κ3) is 2.36. The second-order valence-corrected chi connectivity index (χ2v) is 6.32. The van der Waals surface area contributed by atoms with Crippen molar-refractivity contribution < 1.29 is 13.7 Å². The number of nitrogens with one attached hydrogen (secondary N) is 1. The maximum absolute atomic E-state index is 14.5. The Hall–Kier alpha value is -0.385. The molecule has 1 unspecified atom stereocenters. The van der Waals surface area contributed by atoms with Crippen molar-refractivity contribution in [2.75, 3.05) is 13.1 Å². The first-order chi connectivity index (χ1) is 8.24. The van der Waals surface area contributed by atoms with Crippen molar-refractivity contribution in [1.29, 1.82) is 0 Å². The summed E-state index contributed by atoms with van der Waals surface area (Å²) in [5.41, 5.74) is -0.341. The first-order valence-corrected chi connectivity index (χ1v) is 6.69. The van der Waals surface area contributed by atoms with Crippen LogP contribution in [0.15, 0.2) is 11.3 Å². The summed E-state index contributed by atoms with van der Waals surface area (Å²) in [6, 6.07) is 0. The zero-order valence-corrected chi connectivity index (χ0v) is 12.0. The van der Waals surface area contributed by atoms with E-state index in [1.165, 1.54) is 0 Å². The van der Waals surface area contributed by atoms with E-state index >= 15 is 0 Å². The van der Waals surface area contributed by atoms with Gasteiger partial charge in [0.2, 0.25) is 0 Å². The topological polar surface area (TPSA) is 30.5 Å². The molecular weight excluding hydrogens is 232 g/mol. The SMILES string of the molecule is CC1CNCCC1=C(F)B1OC(C)(C)C(C)(C)O1. The largest absolute Gasteiger partial charge is 0.525 e. The van der Waals surface area contributed by atoms with Crippen LogP contribution in [-0.2, 0) is 9.31 Å². The average Bonchev–Trinajstić information content (AvgIpc) is 2.48. The van der Waals surface area contributed by atoms with E-state index < -0.39 is 18.3 Å². The lowest BCUT2D eigenvalue weighted by Gasteiger charge is -2.32. The quantitative estimate of drug-likeness (QED) is 0.730. The third-order valence-corrected chi connectivity index (χ3v) is 4.38. The predicted molar refractivity (Wildman–Crippen MR) is 70.9 cm³/mol. The molecular formula is C13H23BFNO2. The molecule has 0 amide bonds. The molecule has 0 aliphatic carbocycles. The van der Waals surface area contributed by atoms with Crippen molar-refractivity contribution in [1.82, 2.24) is 5.32 Å². The fourth-order valence-corrected chi connectivity index (χ4v) is 2.36. The van der Waals surface area contributed by atoms with Gasteiger partial charge in [-0.25, -0.2) is 4.39 Å². The van der Waals surface area contributed by atoms with E-state index in [1.54, 1.807) is 0 Å². The molecule has 2 rings (SSSR count). The van der Waals surface area contributed by atoms with Crippen LogP contribution >= 0.6 is 0 Å². The molecule has 1 N–H and O–H groups in total. The summed E-state index contributed by atoms with van der Waals surface area (Å²) in [5.74, 6) is 0.206. The average molecular weight is 255 g/mol. The fraction of sp³-hybridized carbons (Fsp3) is 0.846. The predicted octanol–water partition coefficient (Wildman–Crippen LogP) is 2.47. The minimum Gasteiger partial charge on any atom is -0.398 e. The standard InChI is InChI=1S/C13H23BFNO2/c1-9-8-16-7-6-10(9)11(15)14-17-12(2,3)13(4,5)18-14/h9,16H,6-8H2,1-5H3. The van der Waals surface area contributed by atoms with E-state index in [-0.39, 0.29) is 11.6 Å². The van der Waals surface area contributed by atoms with Crippen LogP contribution in [0.4, 0.5) is 4.39 Å². The molecule has 0 bridgehead atoms. The van der Waals surface area contributed by atoms with Gasteiger partial charge >= 0.3 is 7.12 Å². The van der Waals surface area contributed by atoms with E-state index in [2.05, 4.69) is 5.32 Å². The van der Waals surface area contributed by atoms with Crippen molar-refractivity contribution in [2.24, 2.45) is 5.92 Å². The van der Waals surface area contributed by atoms with Gasteiger partial charge in [0, 0.05) is 6.54 Å². The van der Waals surface area contributed by atoms with Crippen molar-refractivity contribution in [3.8, 4) is 0 Å². The van der Waals surface area contributed by atoms with Crippen LogP contribution in [0.2, 0.25) is 0 Å². The van der Waals surface area contributed by atoms with E-state index in [0.29, 0.717) is 0 Å². The lowest BCUT2D eigenvalue weighted by Crippen LogP contribution is -2.41. The molecule has 18 heavy (non-hydrogen) atoms. The summed E-state index contributed by atoms with van der Waals surface area (Å²) < 4.78 is 26.0. The Morgan fingerprint density at radius 1 is 1.28 bits per heavy atom. The van der Waals surface area contributed by atoms with E-state index in [9.17, 15) is 4.39 Å². The highest BCUT2D eigenvalue weighted by Crippen LogP contribution is 2.40. The second-order valence-electron chi connectivity index (χ2n) is 6.32. The molecule has 3 nitrogen and oxygen atoms in total. The van der Waals surface area contributed by atoms with Crippen LogP contribution in [-0.4, -0.2) is 31.4 Å². The maximum Gasteiger partial charge on any atom is 0.525 e. The van der Waals surface area contributed by atoms with Crippen molar-refractivity contribution in [3.63, 3.8) is 0 Å². The highest BCUT2D eigenvalue weighted by atomic mass is 19.1. The lowest BCUT2D eigenvalue weighted by molar-refractivity contribution is 0.00578. The lowest BCUT2D eigenvalue weighted by atomic mass is 9.79. The van der Waals surface area contributed by atoms with Gasteiger partial charge in [0.1, 0.15) is 5.73 Å². The summed E-state index contributed by atoms with van der Waals surface area (Å²) in [4.78, 5) is 0. The summed E-state index contributed by atoms with van der Waals surface area (Å²) in [6.45, 7) is 11.4. The molecule has 0 aromatic heterocycles. The minimum absolute atomic E-state index is 0.206. The van der Waals surface area contributed by atoms with E-state index in [0.717, 1.165) is 25.1 Å². The van der Waals surface area contributed by atoms with Crippen LogP contribution in [0, 0.1) is 5.92 Å². The molecule has 1 atom stereocenters. The Balaban J connectivity index is 2.20. The Kier molecular flexibility index (Phi) is 3.60. The molecule has 2 saturated heterocycles. The minimum atomic E-state index is -0.842. The van der Waals surface area contributed by atoms with Gasteiger partial charge in [0.25, 0.3) is 0 Å². The van der Waals surface area contributed by atoms with E-state index in [4.69, 9.17) is 9.31 Å². The van der Waals surface area contributed by atoms with Gasteiger partial charge < -0.3 is 14.6 Å². The Bertz CT molecular complexity index is 352. The van der Waals surface area contributed by atoms with Crippen molar-refractivity contribution in [3.05, 3.63) is 11.3 Å². The van der Waals surface area contributed by atoms with Crippen molar-refractivity contribution >= 4 is 7.12 Å². The number of hydrogen-bond donors (Lipinski definition) is 1. The smallest absolute Gasteiger partial charge is 0.398 e. The Labute approximate surface area is 109 Å².